The van der Waals surface area contributed by atoms with Crippen LogP contribution in [0, 0.1) is 0 Å². The Bertz CT molecular complexity index is 808. The van der Waals surface area contributed by atoms with Crippen molar-refractivity contribution in [2.24, 2.45) is 0 Å². The van der Waals surface area contributed by atoms with Crippen molar-refractivity contribution >= 4 is 17.9 Å². The van der Waals surface area contributed by atoms with Gasteiger partial charge in [0, 0.05) is 38.1 Å². The number of aliphatic hydroxyl groups is 2. The van der Waals surface area contributed by atoms with Gasteiger partial charge in [-0.25, -0.2) is 14.4 Å². The minimum absolute atomic E-state index is 0.0124. The van der Waals surface area contributed by atoms with E-state index in [1.165, 1.54) is 19.1 Å². The normalized spacial score (nSPS) is 17.1. The zero-order valence-electron chi connectivity index (χ0n) is 19.9. The molecule has 1 rings (SSSR count). The number of esters is 3. The Morgan fingerprint density at radius 2 is 1.36 bits per heavy atom. The van der Waals surface area contributed by atoms with E-state index in [9.17, 15) is 24.6 Å². The summed E-state index contributed by atoms with van der Waals surface area (Å²) in [5.74, 6) is -3.17. The van der Waals surface area contributed by atoms with Crippen LogP contribution >= 0.6 is 0 Å². The summed E-state index contributed by atoms with van der Waals surface area (Å²) in [5.41, 5.74) is -0.424. The van der Waals surface area contributed by atoms with E-state index < -0.39 is 29.2 Å². The standard InChI is InChI=1S/C23H34N2O8/c1-6-31-21(28)17(5)18(26)9-11-24-13-14-25(16(4)15-24)12-10-19(27)20(22(29)32-7-2)23(30)33-8-3/h9-12,16,26-27H,6-8,13-15H2,1-5H3/b11-9+,12-10+,18-17+. The van der Waals surface area contributed by atoms with Crippen molar-refractivity contribution < 1.29 is 38.8 Å². The highest BCUT2D eigenvalue weighted by atomic mass is 16.6. The smallest absolute Gasteiger partial charge is 0.349 e. The fourth-order valence-electron chi connectivity index (χ4n) is 2.95. The number of carbonyl (C=O) groups is 3. The van der Waals surface area contributed by atoms with Crippen molar-refractivity contribution in [1.82, 2.24) is 9.80 Å². The molecule has 33 heavy (non-hydrogen) atoms. The van der Waals surface area contributed by atoms with Crippen molar-refractivity contribution in [2.75, 3.05) is 39.5 Å². The molecule has 0 aromatic carbocycles. The van der Waals surface area contributed by atoms with Gasteiger partial charge in [-0.05, 0) is 46.8 Å². The SMILES string of the molecule is CCOC(=O)C(C(=O)OCC)=C(O)/C=C/N1CCN(/C=C/C(O)=C(/C)C(=O)OCC)CC1C. The molecule has 0 radical (unpaired) electrons. The first-order valence-corrected chi connectivity index (χ1v) is 10.9. The molecule has 1 unspecified atom stereocenters. The van der Waals surface area contributed by atoms with E-state index in [0.29, 0.717) is 19.6 Å². The van der Waals surface area contributed by atoms with Crippen LogP contribution in [0.5, 0.6) is 0 Å². The maximum absolute atomic E-state index is 12.1. The largest absolute Gasteiger partial charge is 0.507 e. The van der Waals surface area contributed by atoms with Crippen LogP contribution in [0.15, 0.2) is 47.2 Å². The molecule has 1 aliphatic rings. The lowest BCUT2D eigenvalue weighted by Crippen LogP contribution is -2.47. The summed E-state index contributed by atoms with van der Waals surface area (Å²) >= 11 is 0. The second-order valence-corrected chi connectivity index (χ2v) is 7.15. The molecule has 184 valence electrons. The molecule has 2 N–H and O–H groups in total. The van der Waals surface area contributed by atoms with Crippen LogP contribution in [0.25, 0.3) is 0 Å². The maximum Gasteiger partial charge on any atom is 0.349 e. The Labute approximate surface area is 194 Å². The van der Waals surface area contributed by atoms with Gasteiger partial charge in [0.15, 0.2) is 5.57 Å². The topological polar surface area (TPSA) is 126 Å². The number of piperazine rings is 1. The molecule has 10 nitrogen and oxygen atoms in total. The molecular formula is C23H34N2O8. The first-order chi connectivity index (χ1) is 15.7. The molecule has 1 fully saturated rings. The summed E-state index contributed by atoms with van der Waals surface area (Å²) in [7, 11) is 0. The molecule has 1 heterocycles. The second kappa shape index (κ2) is 13.9. The van der Waals surface area contributed by atoms with Gasteiger partial charge in [-0.1, -0.05) is 0 Å². The van der Waals surface area contributed by atoms with E-state index in [1.54, 1.807) is 33.2 Å². The molecule has 0 aromatic rings. The van der Waals surface area contributed by atoms with Crippen molar-refractivity contribution in [3.63, 3.8) is 0 Å². The molecule has 1 atom stereocenters. The minimum atomic E-state index is -0.952. The third kappa shape index (κ3) is 8.55. The lowest BCUT2D eigenvalue weighted by atomic mass is 10.2. The summed E-state index contributed by atoms with van der Waals surface area (Å²) < 4.78 is 14.5. The number of hydrogen-bond acceptors (Lipinski definition) is 10. The van der Waals surface area contributed by atoms with Crippen molar-refractivity contribution in [1.29, 1.82) is 0 Å². The van der Waals surface area contributed by atoms with Crippen LogP contribution < -0.4 is 0 Å². The van der Waals surface area contributed by atoms with Crippen LogP contribution in [0.2, 0.25) is 0 Å². The lowest BCUT2D eigenvalue weighted by Gasteiger charge is -2.39. The van der Waals surface area contributed by atoms with E-state index in [2.05, 4.69) is 0 Å². The molecule has 0 aromatic heterocycles. The molecule has 0 bridgehead atoms. The highest BCUT2D eigenvalue weighted by Gasteiger charge is 2.26. The Balaban J connectivity index is 2.86. The summed E-state index contributed by atoms with van der Waals surface area (Å²) in [6, 6.07) is 0.0124. The van der Waals surface area contributed by atoms with Gasteiger partial charge in [-0.3, -0.25) is 0 Å². The zero-order valence-corrected chi connectivity index (χ0v) is 19.9. The second-order valence-electron chi connectivity index (χ2n) is 7.15. The predicted molar refractivity (Wildman–Crippen MR) is 121 cm³/mol. The molecule has 10 heteroatoms. The van der Waals surface area contributed by atoms with Crippen LogP contribution in [-0.4, -0.2) is 83.4 Å². The highest BCUT2D eigenvalue weighted by molar-refractivity contribution is 6.14. The fraction of sp³-hybridized carbons (Fsp3) is 0.522. The quantitative estimate of drug-likeness (QED) is 0.0942. The maximum atomic E-state index is 12.1. The Hall–Kier alpha value is -3.43. The van der Waals surface area contributed by atoms with Crippen molar-refractivity contribution in [2.45, 2.75) is 40.7 Å². The highest BCUT2D eigenvalue weighted by Crippen LogP contribution is 2.14. The Kier molecular flexibility index (Phi) is 11.6. The van der Waals surface area contributed by atoms with E-state index >= 15 is 0 Å². The van der Waals surface area contributed by atoms with E-state index in [4.69, 9.17) is 14.2 Å². The summed E-state index contributed by atoms with van der Waals surface area (Å²) in [6.07, 6.45) is 6.01. The van der Waals surface area contributed by atoms with E-state index in [0.717, 1.165) is 0 Å². The number of aliphatic hydroxyl groups excluding tert-OH is 2. The van der Waals surface area contributed by atoms with Crippen LogP contribution in [-0.2, 0) is 28.6 Å². The third-order valence-electron chi connectivity index (χ3n) is 4.76. The first kappa shape index (κ1) is 27.6. The monoisotopic (exact) mass is 466 g/mol. The number of ether oxygens (including phenoxy) is 3. The molecular weight excluding hydrogens is 432 g/mol. The van der Waals surface area contributed by atoms with Gasteiger partial charge < -0.3 is 34.2 Å². The van der Waals surface area contributed by atoms with Crippen LogP contribution in [0.4, 0.5) is 0 Å². The summed E-state index contributed by atoms with van der Waals surface area (Å²) in [6.45, 7) is 10.4. The summed E-state index contributed by atoms with van der Waals surface area (Å²) in [4.78, 5) is 39.7. The predicted octanol–water partition coefficient (Wildman–Crippen LogP) is 2.35. The number of nitrogens with zero attached hydrogens (tertiary/aromatic N) is 2. The van der Waals surface area contributed by atoms with E-state index in [1.807, 2.05) is 16.7 Å². The van der Waals surface area contributed by atoms with Gasteiger partial charge in [0.05, 0.1) is 25.4 Å². The Morgan fingerprint density at radius 3 is 1.88 bits per heavy atom. The molecule has 0 spiro atoms. The van der Waals surface area contributed by atoms with Gasteiger partial charge in [0.25, 0.3) is 0 Å². The van der Waals surface area contributed by atoms with Gasteiger partial charge in [-0.2, -0.15) is 0 Å². The molecule has 1 saturated heterocycles. The van der Waals surface area contributed by atoms with Crippen LogP contribution in [0.1, 0.15) is 34.6 Å². The van der Waals surface area contributed by atoms with Gasteiger partial charge in [0.1, 0.15) is 11.5 Å². The number of rotatable bonds is 10. The summed E-state index contributed by atoms with van der Waals surface area (Å²) in [5, 5.41) is 20.4. The molecule has 0 saturated carbocycles. The number of carbonyl (C=O) groups excluding carboxylic acids is 3. The first-order valence-electron chi connectivity index (χ1n) is 10.9. The zero-order chi connectivity index (χ0) is 25.0. The number of hydrogen-bond donors (Lipinski definition) is 2. The molecule has 1 aliphatic heterocycles. The van der Waals surface area contributed by atoms with Gasteiger partial charge in [-0.15, -0.1) is 0 Å². The van der Waals surface area contributed by atoms with Crippen LogP contribution in [0.3, 0.4) is 0 Å². The third-order valence-corrected chi connectivity index (χ3v) is 4.76. The Morgan fingerprint density at radius 1 is 0.848 bits per heavy atom. The number of allylic oxidation sites excluding steroid dienone is 2. The molecule has 0 amide bonds. The van der Waals surface area contributed by atoms with Gasteiger partial charge in [0.2, 0.25) is 0 Å². The van der Waals surface area contributed by atoms with Gasteiger partial charge >= 0.3 is 17.9 Å². The molecule has 0 aliphatic carbocycles. The lowest BCUT2D eigenvalue weighted by molar-refractivity contribution is -0.147. The van der Waals surface area contributed by atoms with Crippen molar-refractivity contribution in [3.8, 4) is 0 Å². The average Bonchev–Trinajstić information content (AvgIpc) is 2.76. The van der Waals surface area contributed by atoms with Crippen molar-refractivity contribution in [3.05, 3.63) is 47.2 Å². The van der Waals surface area contributed by atoms with E-state index in [-0.39, 0.29) is 37.2 Å². The average molecular weight is 467 g/mol. The minimum Gasteiger partial charge on any atom is -0.507 e. The fourth-order valence-corrected chi connectivity index (χ4v) is 2.95.